The van der Waals surface area contributed by atoms with Gasteiger partial charge in [-0.1, -0.05) is 6.07 Å². The van der Waals surface area contributed by atoms with Crippen LogP contribution < -0.4 is 0 Å². The lowest BCUT2D eigenvalue weighted by molar-refractivity contribution is -0.117. The molecule has 1 fully saturated rings. The number of rotatable bonds is 4. The number of pyridine rings is 1. The summed E-state index contributed by atoms with van der Waals surface area (Å²) in [6.07, 6.45) is 4.39. The van der Waals surface area contributed by atoms with Gasteiger partial charge in [0.2, 0.25) is 0 Å². The predicted octanol–water partition coefficient (Wildman–Crippen LogP) is 1.58. The Morgan fingerprint density at radius 1 is 1.53 bits per heavy atom. The van der Waals surface area contributed by atoms with Crippen LogP contribution in [0.1, 0.15) is 37.4 Å². The molecule has 0 aromatic carbocycles. The van der Waals surface area contributed by atoms with Crippen LogP contribution in [0.25, 0.3) is 0 Å². The minimum absolute atomic E-state index is 0.0137. The fourth-order valence-corrected chi connectivity index (χ4v) is 1.98. The number of aromatic nitrogens is 1. The molecule has 2 rings (SSSR count). The molecule has 1 aliphatic carbocycles. The van der Waals surface area contributed by atoms with E-state index in [2.05, 4.69) is 4.98 Å². The SMILES string of the molecule is CC(=O)CC1(c2ccc(CO)cn2)CC1. The molecule has 0 radical (unpaired) electrons. The standard InChI is InChI=1S/C12H15NO2/c1-9(15)6-12(4-5-12)11-3-2-10(8-14)7-13-11/h2-3,7,14H,4-6,8H2,1H3. The fraction of sp³-hybridized carbons (Fsp3) is 0.500. The van der Waals surface area contributed by atoms with Crippen molar-refractivity contribution < 1.29 is 9.90 Å². The average Bonchev–Trinajstić information content (AvgIpc) is 2.98. The summed E-state index contributed by atoms with van der Waals surface area (Å²) in [4.78, 5) is 15.5. The van der Waals surface area contributed by atoms with Crippen molar-refractivity contribution in [3.63, 3.8) is 0 Å². The van der Waals surface area contributed by atoms with Crippen molar-refractivity contribution in [2.24, 2.45) is 0 Å². The normalized spacial score (nSPS) is 17.5. The molecule has 1 heterocycles. The topological polar surface area (TPSA) is 50.2 Å². The van der Waals surface area contributed by atoms with Gasteiger partial charge in [0.15, 0.2) is 0 Å². The van der Waals surface area contributed by atoms with Crippen LogP contribution in [-0.4, -0.2) is 15.9 Å². The van der Waals surface area contributed by atoms with E-state index < -0.39 is 0 Å². The first kappa shape index (κ1) is 10.3. The number of ketones is 1. The van der Waals surface area contributed by atoms with Crippen LogP contribution in [0.5, 0.6) is 0 Å². The molecule has 80 valence electrons. The molecule has 1 N–H and O–H groups in total. The number of nitrogens with zero attached hydrogens (tertiary/aromatic N) is 1. The van der Waals surface area contributed by atoms with Gasteiger partial charge >= 0.3 is 0 Å². The minimum Gasteiger partial charge on any atom is -0.392 e. The second-order valence-corrected chi connectivity index (χ2v) is 4.37. The van der Waals surface area contributed by atoms with Crippen LogP contribution in [0, 0.1) is 0 Å². The molecule has 0 spiro atoms. The second kappa shape index (κ2) is 3.74. The molecule has 0 bridgehead atoms. The van der Waals surface area contributed by atoms with Gasteiger partial charge in [-0.3, -0.25) is 9.78 Å². The third-order valence-electron chi connectivity index (χ3n) is 2.99. The molecule has 3 heteroatoms. The predicted molar refractivity (Wildman–Crippen MR) is 56.4 cm³/mol. The zero-order valence-corrected chi connectivity index (χ0v) is 8.86. The number of Topliss-reactive ketones (excluding diaryl/α,β-unsaturated/α-hetero) is 1. The number of aliphatic hydroxyl groups is 1. The van der Waals surface area contributed by atoms with Crippen LogP contribution in [0.4, 0.5) is 0 Å². The van der Waals surface area contributed by atoms with Gasteiger partial charge in [-0.2, -0.15) is 0 Å². The first-order chi connectivity index (χ1) is 7.16. The third-order valence-corrected chi connectivity index (χ3v) is 2.99. The molecule has 3 nitrogen and oxygen atoms in total. The van der Waals surface area contributed by atoms with Crippen LogP contribution in [-0.2, 0) is 16.8 Å². The van der Waals surface area contributed by atoms with Crippen molar-refractivity contribution in [3.8, 4) is 0 Å². The number of carbonyl (C=O) groups excluding carboxylic acids is 1. The summed E-state index contributed by atoms with van der Waals surface area (Å²) in [5, 5.41) is 8.90. The molecule has 1 aromatic rings. The van der Waals surface area contributed by atoms with E-state index in [0.717, 1.165) is 24.1 Å². The Bertz CT molecular complexity index is 366. The van der Waals surface area contributed by atoms with Gasteiger partial charge in [0.05, 0.1) is 6.61 Å². The molecule has 1 aliphatic rings. The van der Waals surface area contributed by atoms with Crippen LogP contribution in [0.3, 0.4) is 0 Å². The molecule has 0 aliphatic heterocycles. The van der Waals surface area contributed by atoms with E-state index in [9.17, 15) is 4.79 Å². The summed E-state index contributed by atoms with van der Waals surface area (Å²) in [6.45, 7) is 1.65. The van der Waals surface area contributed by atoms with Crippen molar-refractivity contribution in [1.82, 2.24) is 4.98 Å². The van der Waals surface area contributed by atoms with Gasteiger partial charge in [-0.15, -0.1) is 0 Å². The van der Waals surface area contributed by atoms with Crippen molar-refractivity contribution in [2.45, 2.75) is 38.2 Å². The van der Waals surface area contributed by atoms with Crippen LogP contribution in [0.15, 0.2) is 18.3 Å². The molecular weight excluding hydrogens is 190 g/mol. The molecule has 0 unspecified atom stereocenters. The highest BCUT2D eigenvalue weighted by Crippen LogP contribution is 2.50. The highest BCUT2D eigenvalue weighted by atomic mass is 16.3. The van der Waals surface area contributed by atoms with Gasteiger partial charge in [0.25, 0.3) is 0 Å². The van der Waals surface area contributed by atoms with E-state index in [4.69, 9.17) is 5.11 Å². The Labute approximate surface area is 89.2 Å². The van der Waals surface area contributed by atoms with Crippen molar-refractivity contribution in [3.05, 3.63) is 29.6 Å². The van der Waals surface area contributed by atoms with Crippen molar-refractivity contribution in [2.75, 3.05) is 0 Å². The summed E-state index contributed by atoms with van der Waals surface area (Å²) in [5.74, 6) is 0.223. The monoisotopic (exact) mass is 205 g/mol. The molecule has 15 heavy (non-hydrogen) atoms. The Balaban J connectivity index is 2.18. The lowest BCUT2D eigenvalue weighted by atomic mass is 9.95. The maximum absolute atomic E-state index is 11.1. The van der Waals surface area contributed by atoms with Gasteiger partial charge in [0.1, 0.15) is 5.78 Å². The summed E-state index contributed by atoms with van der Waals surface area (Å²) < 4.78 is 0. The maximum atomic E-state index is 11.1. The third kappa shape index (κ3) is 2.07. The number of hydrogen-bond acceptors (Lipinski definition) is 3. The Kier molecular flexibility index (Phi) is 2.57. The highest BCUT2D eigenvalue weighted by molar-refractivity contribution is 5.77. The quantitative estimate of drug-likeness (QED) is 0.812. The van der Waals surface area contributed by atoms with E-state index in [1.54, 1.807) is 13.1 Å². The number of aliphatic hydroxyl groups excluding tert-OH is 1. The minimum atomic E-state index is 0.0137. The Morgan fingerprint density at radius 3 is 2.67 bits per heavy atom. The highest BCUT2D eigenvalue weighted by Gasteiger charge is 2.46. The largest absolute Gasteiger partial charge is 0.392 e. The summed E-state index contributed by atoms with van der Waals surface area (Å²) in [5.41, 5.74) is 1.83. The van der Waals surface area contributed by atoms with E-state index >= 15 is 0 Å². The fourth-order valence-electron chi connectivity index (χ4n) is 1.98. The molecule has 1 aromatic heterocycles. The van der Waals surface area contributed by atoms with Crippen LogP contribution >= 0.6 is 0 Å². The smallest absolute Gasteiger partial charge is 0.130 e. The lowest BCUT2D eigenvalue weighted by Gasteiger charge is -2.12. The Hall–Kier alpha value is -1.22. The molecule has 0 amide bonds. The lowest BCUT2D eigenvalue weighted by Crippen LogP contribution is -2.13. The average molecular weight is 205 g/mol. The van der Waals surface area contributed by atoms with Gasteiger partial charge in [-0.05, 0) is 31.4 Å². The van der Waals surface area contributed by atoms with E-state index in [1.807, 2.05) is 12.1 Å². The zero-order valence-electron chi connectivity index (χ0n) is 8.86. The summed E-state index contributed by atoms with van der Waals surface area (Å²) >= 11 is 0. The zero-order chi connectivity index (χ0) is 10.9. The van der Waals surface area contributed by atoms with E-state index in [0.29, 0.717) is 6.42 Å². The first-order valence-corrected chi connectivity index (χ1v) is 5.22. The van der Waals surface area contributed by atoms with Gasteiger partial charge < -0.3 is 5.11 Å². The van der Waals surface area contributed by atoms with Crippen LogP contribution in [0.2, 0.25) is 0 Å². The summed E-state index contributed by atoms with van der Waals surface area (Å²) in [7, 11) is 0. The molecule has 1 saturated carbocycles. The maximum Gasteiger partial charge on any atom is 0.130 e. The van der Waals surface area contributed by atoms with Gasteiger partial charge in [0, 0.05) is 23.7 Å². The molecule has 0 saturated heterocycles. The van der Waals surface area contributed by atoms with Gasteiger partial charge in [-0.25, -0.2) is 0 Å². The van der Waals surface area contributed by atoms with Crippen molar-refractivity contribution >= 4 is 5.78 Å². The first-order valence-electron chi connectivity index (χ1n) is 5.22. The number of hydrogen-bond donors (Lipinski definition) is 1. The number of carbonyl (C=O) groups is 1. The van der Waals surface area contributed by atoms with Crippen molar-refractivity contribution in [1.29, 1.82) is 0 Å². The summed E-state index contributed by atoms with van der Waals surface area (Å²) in [6, 6.07) is 3.81. The van der Waals surface area contributed by atoms with E-state index in [1.165, 1.54) is 0 Å². The molecule has 0 atom stereocenters. The Morgan fingerprint density at radius 2 is 2.27 bits per heavy atom. The second-order valence-electron chi connectivity index (χ2n) is 4.37. The van der Waals surface area contributed by atoms with E-state index in [-0.39, 0.29) is 17.8 Å². The molecular formula is C12H15NO2.